The van der Waals surface area contributed by atoms with Crippen molar-refractivity contribution < 1.29 is 69.6 Å². The average molecular weight is 1510 g/mol. The largest absolute Gasteiger partial charge is 0.394 e. The molecule has 2 rings (SSSR count). The van der Waals surface area contributed by atoms with Gasteiger partial charge in [-0.2, -0.15) is 0 Å². The van der Waals surface area contributed by atoms with E-state index in [9.17, 15) is 69.6 Å². The number of anilines is 2. The van der Waals surface area contributed by atoms with Gasteiger partial charge in [0.1, 0.15) is 5.41 Å². The predicted molar refractivity (Wildman–Crippen MR) is 262 cm³/mol. The maximum atomic E-state index is 14.2. The van der Waals surface area contributed by atoms with Crippen LogP contribution in [0, 0.1) is 26.8 Å². The summed E-state index contributed by atoms with van der Waals surface area (Å²) in [4.78, 5) is 82.6. The second-order valence-corrected chi connectivity index (χ2v) is 19.3. The molecule has 0 unspecified atom stereocenters. The lowest BCUT2D eigenvalue weighted by molar-refractivity contribution is -0.135. The highest BCUT2D eigenvalue weighted by Gasteiger charge is 2.40. The maximum absolute atomic E-state index is 14.2. The van der Waals surface area contributed by atoms with Gasteiger partial charge in [-0.1, -0.05) is 0 Å². The third-order valence-corrected chi connectivity index (χ3v) is 14.7. The second-order valence-electron chi connectivity index (χ2n) is 12.8. The zero-order valence-corrected chi connectivity index (χ0v) is 43.7. The van der Waals surface area contributed by atoms with E-state index in [1.165, 1.54) is 13.8 Å². The van der Waals surface area contributed by atoms with Crippen molar-refractivity contribution in [2.75, 3.05) is 63.5 Å². The fourth-order valence-electron chi connectivity index (χ4n) is 4.61. The van der Waals surface area contributed by atoms with E-state index in [0.717, 1.165) is 0 Å². The van der Waals surface area contributed by atoms with Crippen molar-refractivity contribution in [2.45, 2.75) is 38.0 Å². The van der Waals surface area contributed by atoms with E-state index in [0.29, 0.717) is 0 Å². The van der Waals surface area contributed by atoms with Gasteiger partial charge in [-0.25, -0.2) is 0 Å². The highest BCUT2D eigenvalue weighted by atomic mass is 127. The van der Waals surface area contributed by atoms with Crippen LogP contribution in [0.5, 0.6) is 0 Å². The molecule has 0 aliphatic rings. The molecule has 0 aliphatic heterocycles. The van der Waals surface area contributed by atoms with Crippen LogP contribution in [0.3, 0.4) is 0 Å². The van der Waals surface area contributed by atoms with Crippen molar-refractivity contribution in [1.29, 1.82) is 0 Å². The molecule has 6 amide bonds. The van der Waals surface area contributed by atoms with Crippen LogP contribution < -0.4 is 31.9 Å². The Labute approximate surface area is 418 Å². The van der Waals surface area contributed by atoms with Crippen LogP contribution in [0.2, 0.25) is 0 Å². The number of halogens is 6. The average Bonchev–Trinajstić information content (AvgIpc) is 3.19. The van der Waals surface area contributed by atoms with Gasteiger partial charge in [0.05, 0.1) is 125 Å². The van der Waals surface area contributed by atoms with Gasteiger partial charge in [0.25, 0.3) is 23.6 Å². The number of carbonyl (C=O) groups excluding carboxylic acids is 6. The summed E-state index contributed by atoms with van der Waals surface area (Å²) in [5.74, 6) is -5.32. The Morgan fingerprint density at radius 1 is 0.407 bits per heavy atom. The third kappa shape index (κ3) is 13.2. The normalized spacial score (nSPS) is 11.6. The molecule has 0 spiro atoms. The van der Waals surface area contributed by atoms with Gasteiger partial charge in [0.2, 0.25) is 11.8 Å². The van der Waals surface area contributed by atoms with Gasteiger partial charge in [-0.15, -0.1) is 0 Å². The van der Waals surface area contributed by atoms with E-state index in [4.69, 9.17) is 0 Å². The Balaban J connectivity index is 2.78. The van der Waals surface area contributed by atoms with Crippen LogP contribution in [0.1, 0.15) is 55.3 Å². The van der Waals surface area contributed by atoms with Crippen LogP contribution in [-0.4, -0.2) is 153 Å². The van der Waals surface area contributed by atoms with E-state index in [2.05, 4.69) is 31.9 Å². The lowest BCUT2D eigenvalue weighted by Gasteiger charge is -2.27. The Bertz CT molecular complexity index is 1690. The van der Waals surface area contributed by atoms with Crippen molar-refractivity contribution in [3.63, 3.8) is 0 Å². The van der Waals surface area contributed by atoms with E-state index < -0.39 is 118 Å². The Kier molecular flexibility index (Phi) is 23.1. The molecule has 0 radical (unpaired) electrons. The summed E-state index contributed by atoms with van der Waals surface area (Å²) in [6.07, 6.45) is 0. The van der Waals surface area contributed by atoms with Gasteiger partial charge in [0, 0.05) is 7.14 Å². The first-order valence-electron chi connectivity index (χ1n) is 16.8. The van der Waals surface area contributed by atoms with Crippen LogP contribution in [0.25, 0.3) is 0 Å². The molecule has 0 saturated carbocycles. The smallest absolute Gasteiger partial charge is 0.253 e. The molecule has 2 aromatic carbocycles. The molecule has 328 valence electrons. The topological polar surface area (TPSA) is 336 Å². The Morgan fingerprint density at radius 3 is 0.763 bits per heavy atom. The van der Waals surface area contributed by atoms with E-state index in [-0.39, 0.29) is 55.0 Å². The van der Waals surface area contributed by atoms with Gasteiger partial charge in [0.15, 0.2) is 0 Å². The molecule has 20 nitrogen and oxygen atoms in total. The van der Waals surface area contributed by atoms with Crippen LogP contribution in [0.15, 0.2) is 0 Å². The number of hydrogen-bond donors (Lipinski definition) is 14. The number of aliphatic hydroxyl groups is 8. The van der Waals surface area contributed by atoms with Crippen molar-refractivity contribution >= 4 is 182 Å². The third-order valence-electron chi connectivity index (χ3n) is 8.26. The summed E-state index contributed by atoms with van der Waals surface area (Å²) in [6.45, 7) is -2.59. The van der Waals surface area contributed by atoms with Crippen molar-refractivity contribution in [1.82, 2.24) is 21.3 Å². The van der Waals surface area contributed by atoms with Crippen LogP contribution in [-0.2, 0) is 9.59 Å². The van der Waals surface area contributed by atoms with Crippen molar-refractivity contribution in [3.05, 3.63) is 43.7 Å². The molecule has 0 aliphatic carbocycles. The summed E-state index contributed by atoms with van der Waals surface area (Å²) in [5, 5.41) is 91.8. The standard InChI is InChI=1S/C33H40I6N6O14/c1-33(2,31(58)44-25-21(36)15(27(54)40-11(3-46)4-47)19(34)16(22(25)37)28(55)41-12(5-48)6-49)32(59)45-26-23(38)17(29(56)42-13(7-50)8-51)20(35)18(24(26)39)30(57)43-14(9-52)10-53/h11-14,46-53H,3-10H2,1-2H3,(H,40,54)(H,41,55)(H,42,56)(H,43,57)(H,44,58)(H,45,59). The van der Waals surface area contributed by atoms with Gasteiger partial charge >= 0.3 is 0 Å². The van der Waals surface area contributed by atoms with E-state index in [1.54, 1.807) is 136 Å². The van der Waals surface area contributed by atoms with Crippen molar-refractivity contribution in [2.24, 2.45) is 5.41 Å². The molecule has 59 heavy (non-hydrogen) atoms. The Hall–Kier alpha value is -0.680. The SMILES string of the molecule is CC(C)(C(=O)Nc1c(I)c(C(=O)NC(CO)CO)c(I)c(C(=O)NC(CO)CO)c1I)C(=O)Nc1c(I)c(C(=O)NC(CO)CO)c(I)c(C(=O)NC(CO)CO)c1I. The fourth-order valence-corrected chi connectivity index (χ4v) is 13.4. The van der Waals surface area contributed by atoms with Gasteiger partial charge in [-0.3, -0.25) is 28.8 Å². The summed E-state index contributed by atoms with van der Waals surface area (Å²) >= 11 is 10.5. The summed E-state index contributed by atoms with van der Waals surface area (Å²) in [7, 11) is 0. The fraction of sp³-hybridized carbons (Fsp3) is 0.455. The Morgan fingerprint density at radius 2 is 0.593 bits per heavy atom. The highest BCUT2D eigenvalue weighted by Crippen LogP contribution is 2.39. The molecule has 0 atom stereocenters. The summed E-state index contributed by atoms with van der Waals surface area (Å²) in [6, 6.07) is -4.38. The number of hydrogen-bond acceptors (Lipinski definition) is 14. The summed E-state index contributed by atoms with van der Waals surface area (Å²) < 4.78 is 0.500. The van der Waals surface area contributed by atoms with Crippen LogP contribution in [0.4, 0.5) is 11.4 Å². The van der Waals surface area contributed by atoms with E-state index in [1.807, 2.05) is 0 Å². The van der Waals surface area contributed by atoms with E-state index >= 15 is 0 Å². The highest BCUT2D eigenvalue weighted by molar-refractivity contribution is 14.1. The zero-order valence-electron chi connectivity index (χ0n) is 30.8. The molecule has 2 aromatic rings. The lowest BCUT2D eigenvalue weighted by atomic mass is 9.90. The number of nitrogens with one attached hydrogen (secondary N) is 6. The zero-order chi connectivity index (χ0) is 45.1. The molecule has 14 N–H and O–H groups in total. The number of benzene rings is 2. The first kappa shape index (κ1) is 54.5. The molecular weight excluding hydrogens is 1470 g/mol. The molecule has 26 heteroatoms. The molecule has 0 saturated heterocycles. The molecule has 0 fully saturated rings. The van der Waals surface area contributed by atoms with Gasteiger partial charge < -0.3 is 72.8 Å². The number of carbonyl (C=O) groups is 6. The van der Waals surface area contributed by atoms with Crippen LogP contribution >= 0.6 is 136 Å². The van der Waals surface area contributed by atoms with Gasteiger partial charge in [-0.05, 0) is 149 Å². The minimum Gasteiger partial charge on any atom is -0.394 e. The molecular formula is C33H40I6N6O14. The second kappa shape index (κ2) is 25.0. The number of rotatable bonds is 20. The summed E-state index contributed by atoms with van der Waals surface area (Å²) in [5.41, 5.74) is -2.81. The number of aliphatic hydroxyl groups excluding tert-OH is 8. The molecule has 0 bridgehead atoms. The quantitative estimate of drug-likeness (QED) is 0.0574. The monoisotopic (exact) mass is 1510 g/mol. The minimum absolute atomic E-state index is 0.0711. The maximum Gasteiger partial charge on any atom is 0.253 e. The lowest BCUT2D eigenvalue weighted by Crippen LogP contribution is -2.44. The minimum atomic E-state index is -2.00. The molecule has 0 heterocycles. The predicted octanol–water partition coefficient (Wildman–Crippen LogP) is -0.750. The molecule has 0 aromatic heterocycles. The number of amides is 6. The first-order valence-corrected chi connectivity index (χ1v) is 23.3. The first-order chi connectivity index (χ1) is 27.7. The van der Waals surface area contributed by atoms with Crippen molar-refractivity contribution in [3.8, 4) is 0 Å².